The quantitative estimate of drug-likeness (QED) is 0.778. The highest BCUT2D eigenvalue weighted by atomic mass is 19.4. The van der Waals surface area contributed by atoms with Gasteiger partial charge in [0.05, 0.1) is 12.2 Å². The van der Waals surface area contributed by atoms with E-state index in [-0.39, 0.29) is 17.6 Å². The van der Waals surface area contributed by atoms with Crippen molar-refractivity contribution in [3.05, 3.63) is 23.8 Å². The van der Waals surface area contributed by atoms with Crippen molar-refractivity contribution in [3.8, 4) is 0 Å². The van der Waals surface area contributed by atoms with Gasteiger partial charge in [0, 0.05) is 25.2 Å². The number of piperidine rings is 2. The van der Waals surface area contributed by atoms with Crippen LogP contribution in [0.25, 0.3) is 5.78 Å². The summed E-state index contributed by atoms with van der Waals surface area (Å²) in [5.74, 6) is -0.348. The molecule has 0 saturated carbocycles. The molecule has 29 heavy (non-hydrogen) atoms. The van der Waals surface area contributed by atoms with Crippen LogP contribution >= 0.6 is 0 Å². The molecule has 4 rings (SSSR count). The molecule has 0 spiro atoms. The number of fused-ring (bicyclic) bond motifs is 1. The van der Waals surface area contributed by atoms with E-state index in [4.69, 9.17) is 0 Å². The number of amides is 1. The second kappa shape index (κ2) is 7.89. The number of carbonyl (C=O) groups excluding carboxylic acids is 1. The van der Waals surface area contributed by atoms with Crippen molar-refractivity contribution in [2.24, 2.45) is 5.92 Å². The van der Waals surface area contributed by atoms with Crippen LogP contribution in [0.3, 0.4) is 0 Å². The molecule has 4 heterocycles. The lowest BCUT2D eigenvalue weighted by Crippen LogP contribution is -2.45. The van der Waals surface area contributed by atoms with Crippen molar-refractivity contribution in [1.82, 2.24) is 29.4 Å². The van der Waals surface area contributed by atoms with Gasteiger partial charge in [-0.25, -0.2) is 9.50 Å². The fraction of sp³-hybridized carbons (Fsp3) is 0.684. The van der Waals surface area contributed by atoms with Gasteiger partial charge >= 0.3 is 6.18 Å². The summed E-state index contributed by atoms with van der Waals surface area (Å²) in [6.45, 7) is 5.82. The standard InChI is InChI=1S/C19H25F3N6O/c1-13-3-8-26(9-4-13)12-16(29)27-10-5-14(6-11-27)15-2-7-23-18-24-17(19(20,21)22)25-28(15)18/h2,7,13-14H,3-6,8-12H2,1H3. The van der Waals surface area contributed by atoms with Gasteiger partial charge < -0.3 is 4.90 Å². The molecular weight excluding hydrogens is 385 g/mol. The van der Waals surface area contributed by atoms with E-state index < -0.39 is 12.0 Å². The monoisotopic (exact) mass is 410 g/mol. The van der Waals surface area contributed by atoms with Gasteiger partial charge in [-0.3, -0.25) is 9.69 Å². The highest BCUT2D eigenvalue weighted by molar-refractivity contribution is 5.78. The first-order valence-electron chi connectivity index (χ1n) is 10.1. The van der Waals surface area contributed by atoms with E-state index in [0.29, 0.717) is 38.2 Å². The average molecular weight is 410 g/mol. The smallest absolute Gasteiger partial charge is 0.342 e. The van der Waals surface area contributed by atoms with Gasteiger partial charge in [0.15, 0.2) is 0 Å². The zero-order valence-electron chi connectivity index (χ0n) is 16.4. The molecule has 1 amide bonds. The lowest BCUT2D eigenvalue weighted by molar-refractivity contribution is -0.144. The summed E-state index contributed by atoms with van der Waals surface area (Å²) < 4.78 is 40.0. The molecule has 158 valence electrons. The molecule has 2 fully saturated rings. The van der Waals surface area contributed by atoms with E-state index >= 15 is 0 Å². The molecular formula is C19H25F3N6O. The molecule has 10 heteroatoms. The molecule has 7 nitrogen and oxygen atoms in total. The molecule has 2 aromatic rings. The summed E-state index contributed by atoms with van der Waals surface area (Å²) >= 11 is 0. The third-order valence-electron chi connectivity index (χ3n) is 6.02. The molecule has 0 aliphatic carbocycles. The first-order valence-corrected chi connectivity index (χ1v) is 10.1. The molecule has 2 aromatic heterocycles. The second-order valence-corrected chi connectivity index (χ2v) is 8.13. The van der Waals surface area contributed by atoms with Crippen molar-refractivity contribution in [2.45, 2.75) is 44.7 Å². The molecule has 2 aliphatic heterocycles. The predicted molar refractivity (Wildman–Crippen MR) is 99.2 cm³/mol. The van der Waals surface area contributed by atoms with Crippen molar-refractivity contribution in [1.29, 1.82) is 0 Å². The van der Waals surface area contributed by atoms with E-state index in [0.717, 1.165) is 31.8 Å². The Hall–Kier alpha value is -2.23. The maximum atomic E-state index is 12.9. The summed E-state index contributed by atoms with van der Waals surface area (Å²) in [6, 6.07) is 1.69. The zero-order valence-corrected chi connectivity index (χ0v) is 16.4. The fourth-order valence-electron chi connectivity index (χ4n) is 4.18. The zero-order chi connectivity index (χ0) is 20.6. The third kappa shape index (κ3) is 4.36. The largest absolute Gasteiger partial charge is 0.453 e. The van der Waals surface area contributed by atoms with Crippen LogP contribution in [0.15, 0.2) is 12.3 Å². The highest BCUT2D eigenvalue weighted by Crippen LogP contribution is 2.30. The number of nitrogens with zero attached hydrogens (tertiary/aromatic N) is 6. The van der Waals surface area contributed by atoms with Crippen LogP contribution in [-0.2, 0) is 11.0 Å². The highest BCUT2D eigenvalue weighted by Gasteiger charge is 2.37. The molecule has 0 radical (unpaired) electrons. The Labute approximate surface area is 166 Å². The first-order chi connectivity index (χ1) is 13.8. The van der Waals surface area contributed by atoms with Crippen LogP contribution < -0.4 is 0 Å². The van der Waals surface area contributed by atoms with Crippen LogP contribution in [0.1, 0.15) is 50.0 Å². The number of alkyl halides is 3. The van der Waals surface area contributed by atoms with Crippen molar-refractivity contribution in [2.75, 3.05) is 32.7 Å². The fourth-order valence-corrected chi connectivity index (χ4v) is 4.18. The van der Waals surface area contributed by atoms with Gasteiger partial charge in [-0.15, -0.1) is 5.10 Å². The normalized spacial score (nSPS) is 20.5. The Morgan fingerprint density at radius 3 is 2.48 bits per heavy atom. The Kier molecular flexibility index (Phi) is 5.46. The third-order valence-corrected chi connectivity index (χ3v) is 6.02. The van der Waals surface area contributed by atoms with Gasteiger partial charge in [-0.2, -0.15) is 18.2 Å². The van der Waals surface area contributed by atoms with Crippen molar-refractivity contribution in [3.63, 3.8) is 0 Å². The lowest BCUT2D eigenvalue weighted by Gasteiger charge is -2.35. The van der Waals surface area contributed by atoms with Crippen molar-refractivity contribution >= 4 is 11.7 Å². The van der Waals surface area contributed by atoms with Crippen LogP contribution in [0, 0.1) is 5.92 Å². The number of carbonyl (C=O) groups is 1. The molecule has 2 saturated heterocycles. The molecule has 0 aromatic carbocycles. The average Bonchev–Trinajstić information content (AvgIpc) is 3.15. The molecule has 0 bridgehead atoms. The number of hydrogen-bond donors (Lipinski definition) is 0. The van der Waals surface area contributed by atoms with E-state index in [2.05, 4.69) is 26.9 Å². The molecule has 0 atom stereocenters. The molecule has 0 unspecified atom stereocenters. The predicted octanol–water partition coefficient (Wildman–Crippen LogP) is 2.58. The van der Waals surface area contributed by atoms with Gasteiger partial charge in [0.2, 0.25) is 5.91 Å². The number of halogens is 3. The minimum absolute atomic E-state index is 0.0168. The minimum atomic E-state index is -4.60. The van der Waals surface area contributed by atoms with Crippen molar-refractivity contribution < 1.29 is 18.0 Å². The van der Waals surface area contributed by atoms with E-state index in [1.807, 2.05) is 4.90 Å². The summed E-state index contributed by atoms with van der Waals surface area (Å²) in [5, 5.41) is 3.63. The van der Waals surface area contributed by atoms with Gasteiger partial charge in [-0.1, -0.05) is 6.92 Å². The summed E-state index contributed by atoms with van der Waals surface area (Å²) in [4.78, 5) is 24.1. The van der Waals surface area contributed by atoms with Crippen LogP contribution in [0.4, 0.5) is 13.2 Å². The van der Waals surface area contributed by atoms with Gasteiger partial charge in [0.25, 0.3) is 11.6 Å². The van der Waals surface area contributed by atoms with Gasteiger partial charge in [-0.05, 0) is 50.8 Å². The maximum absolute atomic E-state index is 12.9. The lowest BCUT2D eigenvalue weighted by atomic mass is 9.93. The summed E-state index contributed by atoms with van der Waals surface area (Å²) in [7, 11) is 0. The Morgan fingerprint density at radius 2 is 1.83 bits per heavy atom. The number of likely N-dealkylation sites (tertiary alicyclic amines) is 2. The Bertz CT molecular complexity index is 866. The van der Waals surface area contributed by atoms with E-state index in [9.17, 15) is 18.0 Å². The molecule has 0 N–H and O–H groups in total. The van der Waals surface area contributed by atoms with Crippen LogP contribution in [-0.4, -0.2) is 68.0 Å². The van der Waals surface area contributed by atoms with E-state index in [1.165, 1.54) is 10.7 Å². The summed E-state index contributed by atoms with van der Waals surface area (Å²) in [5.41, 5.74) is 0.662. The molecule has 2 aliphatic rings. The SMILES string of the molecule is CC1CCN(CC(=O)N2CCC(c3ccnc4nc(C(F)(F)F)nn34)CC2)CC1. The van der Waals surface area contributed by atoms with Gasteiger partial charge in [0.1, 0.15) is 0 Å². The second-order valence-electron chi connectivity index (χ2n) is 8.13. The maximum Gasteiger partial charge on any atom is 0.453 e. The number of rotatable bonds is 3. The minimum Gasteiger partial charge on any atom is -0.342 e. The van der Waals surface area contributed by atoms with Crippen LogP contribution in [0.2, 0.25) is 0 Å². The van der Waals surface area contributed by atoms with E-state index in [1.54, 1.807) is 6.07 Å². The number of aromatic nitrogens is 4. The number of hydrogen-bond acceptors (Lipinski definition) is 5. The topological polar surface area (TPSA) is 66.6 Å². The van der Waals surface area contributed by atoms with Crippen LogP contribution in [0.5, 0.6) is 0 Å². The summed E-state index contributed by atoms with van der Waals surface area (Å²) in [6.07, 6.45) is 0.490. The Balaban J connectivity index is 1.39. The Morgan fingerprint density at radius 1 is 1.14 bits per heavy atom. The first kappa shape index (κ1) is 20.1.